The molecule has 3 rings (SSSR count). The summed E-state index contributed by atoms with van der Waals surface area (Å²) in [5, 5.41) is 4.15. The number of halogens is 1. The molecule has 2 heterocycles. The first-order valence-electron chi connectivity index (χ1n) is 7.70. The number of carbonyl (C=O) groups excluding carboxylic acids is 1. The van der Waals surface area contributed by atoms with Crippen LogP contribution in [-0.4, -0.2) is 46.9 Å². The average molecular weight is 317 g/mol. The highest BCUT2D eigenvalue weighted by Gasteiger charge is 2.25. The molecule has 1 amide bonds. The number of hydrogen-bond donors (Lipinski definition) is 0. The smallest absolute Gasteiger partial charge is 0.256 e. The van der Waals surface area contributed by atoms with Gasteiger partial charge < -0.3 is 9.64 Å². The van der Waals surface area contributed by atoms with E-state index in [2.05, 4.69) is 12.0 Å². The lowest BCUT2D eigenvalue weighted by molar-refractivity contribution is 0.0581. The maximum Gasteiger partial charge on any atom is 0.256 e. The van der Waals surface area contributed by atoms with Crippen LogP contribution in [0.25, 0.3) is 5.69 Å². The number of rotatable bonds is 4. The summed E-state index contributed by atoms with van der Waals surface area (Å²) >= 11 is 0. The molecule has 23 heavy (non-hydrogen) atoms. The molecule has 1 aromatic heterocycles. The van der Waals surface area contributed by atoms with Crippen molar-refractivity contribution in [2.75, 3.05) is 20.2 Å². The van der Waals surface area contributed by atoms with Gasteiger partial charge in [-0.05, 0) is 30.5 Å². The molecular weight excluding hydrogens is 297 g/mol. The van der Waals surface area contributed by atoms with Crippen molar-refractivity contribution >= 4 is 5.91 Å². The van der Waals surface area contributed by atoms with Crippen LogP contribution < -0.4 is 0 Å². The van der Waals surface area contributed by atoms with Gasteiger partial charge in [0.1, 0.15) is 5.82 Å². The fourth-order valence-electron chi connectivity index (χ4n) is 2.81. The number of likely N-dealkylation sites (N-methyl/N-ethyl adjacent to an activating group) is 1. The van der Waals surface area contributed by atoms with Crippen molar-refractivity contribution in [3.8, 4) is 5.69 Å². The van der Waals surface area contributed by atoms with Gasteiger partial charge in [0.05, 0.1) is 23.6 Å². The standard InChI is InChI=1S/C17H20FN3O2/c1-12-6-16(23-11-12)10-20(2)17(22)13-8-19-21(9-13)15-5-3-4-14(18)7-15/h3-5,7-9,12,16H,6,10-11H2,1-2H3. The number of benzene rings is 1. The van der Waals surface area contributed by atoms with Crippen LogP contribution in [0.15, 0.2) is 36.7 Å². The fraction of sp³-hybridized carbons (Fsp3) is 0.412. The predicted molar refractivity (Wildman–Crippen MR) is 84.0 cm³/mol. The molecule has 0 bridgehead atoms. The summed E-state index contributed by atoms with van der Waals surface area (Å²) in [4.78, 5) is 14.1. The summed E-state index contributed by atoms with van der Waals surface area (Å²) in [6.45, 7) is 3.46. The maximum atomic E-state index is 13.3. The first-order valence-corrected chi connectivity index (χ1v) is 7.70. The van der Waals surface area contributed by atoms with Crippen LogP contribution in [0.1, 0.15) is 23.7 Å². The lowest BCUT2D eigenvalue weighted by atomic mass is 10.1. The summed E-state index contributed by atoms with van der Waals surface area (Å²) in [5.74, 6) is 0.0885. The van der Waals surface area contributed by atoms with Gasteiger partial charge in [-0.3, -0.25) is 4.79 Å². The SMILES string of the molecule is CC1COC(CN(C)C(=O)c2cnn(-c3cccc(F)c3)c2)C1. The number of amides is 1. The van der Waals surface area contributed by atoms with E-state index in [1.165, 1.54) is 23.0 Å². The molecule has 1 aliphatic rings. The molecule has 0 radical (unpaired) electrons. The fourth-order valence-corrected chi connectivity index (χ4v) is 2.81. The minimum atomic E-state index is -0.338. The van der Waals surface area contributed by atoms with Crippen molar-refractivity contribution in [3.05, 3.63) is 48.0 Å². The Balaban J connectivity index is 1.68. The lowest BCUT2D eigenvalue weighted by Gasteiger charge is -2.20. The van der Waals surface area contributed by atoms with E-state index in [9.17, 15) is 9.18 Å². The number of ether oxygens (including phenoxy) is 1. The largest absolute Gasteiger partial charge is 0.376 e. The molecule has 0 saturated carbocycles. The Hall–Kier alpha value is -2.21. The number of nitrogens with zero attached hydrogens (tertiary/aromatic N) is 3. The Labute approximate surface area is 134 Å². The Morgan fingerprint density at radius 3 is 3.04 bits per heavy atom. The molecule has 0 aliphatic carbocycles. The summed E-state index contributed by atoms with van der Waals surface area (Å²) in [6, 6.07) is 6.09. The van der Waals surface area contributed by atoms with E-state index in [1.807, 2.05) is 0 Å². The Morgan fingerprint density at radius 1 is 1.52 bits per heavy atom. The molecular formula is C17H20FN3O2. The molecule has 1 aromatic carbocycles. The maximum absolute atomic E-state index is 13.3. The first kappa shape index (κ1) is 15.7. The summed E-state index contributed by atoms with van der Waals surface area (Å²) in [5.41, 5.74) is 1.06. The van der Waals surface area contributed by atoms with Gasteiger partial charge in [0, 0.05) is 26.4 Å². The summed E-state index contributed by atoms with van der Waals surface area (Å²) < 4.78 is 20.4. The highest BCUT2D eigenvalue weighted by Crippen LogP contribution is 2.20. The van der Waals surface area contributed by atoms with Gasteiger partial charge in [0.25, 0.3) is 5.91 Å². The van der Waals surface area contributed by atoms with Crippen molar-refractivity contribution < 1.29 is 13.9 Å². The quantitative estimate of drug-likeness (QED) is 0.870. The predicted octanol–water partition coefficient (Wildman–Crippen LogP) is 2.51. The Morgan fingerprint density at radius 2 is 2.35 bits per heavy atom. The van der Waals surface area contributed by atoms with Crippen LogP contribution in [0.2, 0.25) is 0 Å². The van der Waals surface area contributed by atoms with Gasteiger partial charge >= 0.3 is 0 Å². The second kappa shape index (κ2) is 6.50. The van der Waals surface area contributed by atoms with Gasteiger partial charge in [-0.25, -0.2) is 9.07 Å². The molecule has 2 atom stereocenters. The van der Waals surface area contributed by atoms with E-state index in [-0.39, 0.29) is 17.8 Å². The summed E-state index contributed by atoms with van der Waals surface area (Å²) in [7, 11) is 1.76. The monoisotopic (exact) mass is 317 g/mol. The highest BCUT2D eigenvalue weighted by molar-refractivity contribution is 5.93. The van der Waals surface area contributed by atoms with Crippen molar-refractivity contribution in [2.24, 2.45) is 5.92 Å². The topological polar surface area (TPSA) is 47.4 Å². The number of carbonyl (C=O) groups is 1. The van der Waals surface area contributed by atoms with Crippen molar-refractivity contribution in [1.29, 1.82) is 0 Å². The molecule has 6 heteroatoms. The van der Waals surface area contributed by atoms with Crippen LogP contribution >= 0.6 is 0 Å². The zero-order valence-corrected chi connectivity index (χ0v) is 13.3. The molecule has 1 aliphatic heterocycles. The van der Waals surface area contributed by atoms with E-state index in [0.29, 0.717) is 23.7 Å². The van der Waals surface area contributed by atoms with Crippen molar-refractivity contribution in [1.82, 2.24) is 14.7 Å². The molecule has 2 unspecified atom stereocenters. The highest BCUT2D eigenvalue weighted by atomic mass is 19.1. The molecule has 5 nitrogen and oxygen atoms in total. The Bertz CT molecular complexity index is 701. The third-order valence-corrected chi connectivity index (χ3v) is 4.01. The van der Waals surface area contributed by atoms with E-state index in [1.54, 1.807) is 30.3 Å². The van der Waals surface area contributed by atoms with Crippen LogP contribution in [0.3, 0.4) is 0 Å². The first-order chi connectivity index (χ1) is 11.0. The average Bonchev–Trinajstić information content (AvgIpc) is 3.16. The molecule has 1 saturated heterocycles. The van der Waals surface area contributed by atoms with Gasteiger partial charge in [-0.15, -0.1) is 0 Å². The molecule has 1 fully saturated rings. The number of hydrogen-bond acceptors (Lipinski definition) is 3. The zero-order chi connectivity index (χ0) is 16.4. The minimum Gasteiger partial charge on any atom is -0.376 e. The van der Waals surface area contributed by atoms with Gasteiger partial charge in [0.2, 0.25) is 0 Å². The molecule has 0 N–H and O–H groups in total. The zero-order valence-electron chi connectivity index (χ0n) is 13.3. The van der Waals surface area contributed by atoms with Crippen molar-refractivity contribution in [2.45, 2.75) is 19.4 Å². The van der Waals surface area contributed by atoms with Crippen LogP contribution in [0.4, 0.5) is 4.39 Å². The van der Waals surface area contributed by atoms with Gasteiger partial charge in [0.15, 0.2) is 0 Å². The van der Waals surface area contributed by atoms with Crippen LogP contribution in [-0.2, 0) is 4.74 Å². The second-order valence-corrected chi connectivity index (χ2v) is 6.14. The van der Waals surface area contributed by atoms with E-state index < -0.39 is 0 Å². The van der Waals surface area contributed by atoms with Crippen molar-refractivity contribution in [3.63, 3.8) is 0 Å². The van der Waals surface area contributed by atoms with Gasteiger partial charge in [-0.2, -0.15) is 5.10 Å². The molecule has 0 spiro atoms. The minimum absolute atomic E-state index is 0.0946. The van der Waals surface area contributed by atoms with E-state index in [0.717, 1.165) is 13.0 Å². The summed E-state index contributed by atoms with van der Waals surface area (Å²) in [6.07, 6.45) is 4.19. The van der Waals surface area contributed by atoms with E-state index >= 15 is 0 Å². The van der Waals surface area contributed by atoms with E-state index in [4.69, 9.17) is 4.74 Å². The Kier molecular flexibility index (Phi) is 4.43. The van der Waals surface area contributed by atoms with Crippen LogP contribution in [0.5, 0.6) is 0 Å². The number of aromatic nitrogens is 2. The molecule has 122 valence electrons. The molecule has 2 aromatic rings. The van der Waals surface area contributed by atoms with Crippen LogP contribution in [0, 0.1) is 11.7 Å². The third-order valence-electron chi connectivity index (χ3n) is 4.01. The third kappa shape index (κ3) is 3.59. The second-order valence-electron chi connectivity index (χ2n) is 6.14. The normalized spacial score (nSPS) is 20.7. The lowest BCUT2D eigenvalue weighted by Crippen LogP contribution is -2.34. The van der Waals surface area contributed by atoms with Gasteiger partial charge in [-0.1, -0.05) is 13.0 Å².